The molecule has 0 N–H and O–H groups in total. The van der Waals surface area contributed by atoms with E-state index in [1.165, 1.54) is 9.80 Å². The van der Waals surface area contributed by atoms with Crippen LogP contribution in [-0.2, 0) is 9.59 Å². The molecule has 0 aromatic heterocycles. The van der Waals surface area contributed by atoms with E-state index in [4.69, 9.17) is 0 Å². The predicted molar refractivity (Wildman–Crippen MR) is 120 cm³/mol. The maximum atomic E-state index is 14.1. The maximum absolute atomic E-state index is 14.1. The quantitative estimate of drug-likeness (QED) is 0.466. The Balaban J connectivity index is 2.01. The molecule has 0 fully saturated rings. The zero-order chi connectivity index (χ0) is 24.6. The normalized spacial score (nSPS) is 15.8. The summed E-state index contributed by atoms with van der Waals surface area (Å²) >= 11 is 0. The van der Waals surface area contributed by atoms with Gasteiger partial charge in [-0.1, -0.05) is 26.7 Å². The Morgan fingerprint density at radius 3 is 1.21 bits per heavy atom. The molecule has 178 valence electrons. The van der Waals surface area contributed by atoms with E-state index >= 15 is 0 Å². The zero-order valence-corrected chi connectivity index (χ0v) is 18.9. The fourth-order valence-corrected chi connectivity index (χ4v) is 4.44. The zero-order valence-electron chi connectivity index (χ0n) is 18.9. The first-order valence-electron chi connectivity index (χ1n) is 11.3. The number of unbranched alkanes of at least 4 members (excludes halogenated alkanes) is 2. The second-order valence-corrected chi connectivity index (χ2v) is 8.38. The van der Waals surface area contributed by atoms with Gasteiger partial charge in [-0.2, -0.15) is 0 Å². The summed E-state index contributed by atoms with van der Waals surface area (Å²) in [5.41, 5.74) is 0.351. The Morgan fingerprint density at radius 2 is 0.912 bits per heavy atom. The molecule has 0 spiro atoms. The van der Waals surface area contributed by atoms with Gasteiger partial charge in [-0.3, -0.25) is 9.59 Å². The van der Waals surface area contributed by atoms with Crippen LogP contribution < -0.4 is 0 Å². The molecule has 4 nitrogen and oxygen atoms in total. The molecular formula is C26H24F4N2O2. The lowest BCUT2D eigenvalue weighted by Gasteiger charge is -2.25. The van der Waals surface area contributed by atoms with Gasteiger partial charge in [-0.15, -0.1) is 0 Å². The predicted octanol–water partition coefficient (Wildman–Crippen LogP) is 5.65. The number of carbonyl (C=O) groups is 2. The number of nitrogens with zero attached hydrogens (tertiary/aromatic N) is 2. The van der Waals surface area contributed by atoms with Crippen molar-refractivity contribution in [3.63, 3.8) is 0 Å². The fourth-order valence-electron chi connectivity index (χ4n) is 4.44. The second-order valence-electron chi connectivity index (χ2n) is 8.38. The molecule has 34 heavy (non-hydrogen) atoms. The van der Waals surface area contributed by atoms with Gasteiger partial charge >= 0.3 is 0 Å². The van der Waals surface area contributed by atoms with Crippen molar-refractivity contribution >= 4 is 23.2 Å². The Kier molecular flexibility index (Phi) is 6.59. The number of hydrogen-bond donors (Lipinski definition) is 0. The smallest absolute Gasteiger partial charge is 0.261 e. The van der Waals surface area contributed by atoms with Crippen molar-refractivity contribution in [2.45, 2.75) is 39.5 Å². The molecule has 2 heterocycles. The van der Waals surface area contributed by atoms with Crippen molar-refractivity contribution in [1.29, 1.82) is 0 Å². The van der Waals surface area contributed by atoms with E-state index in [-0.39, 0.29) is 46.8 Å². The van der Waals surface area contributed by atoms with Gasteiger partial charge in [0.1, 0.15) is 23.3 Å². The van der Waals surface area contributed by atoms with E-state index in [2.05, 4.69) is 0 Å². The maximum Gasteiger partial charge on any atom is 0.261 e. The van der Waals surface area contributed by atoms with E-state index in [0.29, 0.717) is 25.0 Å². The van der Waals surface area contributed by atoms with Gasteiger partial charge in [0, 0.05) is 36.3 Å². The van der Waals surface area contributed by atoms with Crippen molar-refractivity contribution in [1.82, 2.24) is 9.80 Å². The highest BCUT2D eigenvalue weighted by Crippen LogP contribution is 2.47. The summed E-state index contributed by atoms with van der Waals surface area (Å²) in [5.74, 6) is -4.44. The number of halogens is 4. The SMILES string of the molecule is CCCCN1C(=O)C2=C(c3cc(F)cc(F)c3)N(CCCC)C(=O)C2=C1c1cc(F)cc(F)c1. The van der Waals surface area contributed by atoms with Crippen LogP contribution in [0.15, 0.2) is 47.5 Å². The summed E-state index contributed by atoms with van der Waals surface area (Å²) in [6, 6.07) is 5.72. The number of rotatable bonds is 8. The highest BCUT2D eigenvalue weighted by molar-refractivity contribution is 6.30. The lowest BCUT2D eigenvalue weighted by Crippen LogP contribution is -2.31. The highest BCUT2D eigenvalue weighted by atomic mass is 19.1. The van der Waals surface area contributed by atoms with Crippen LogP contribution >= 0.6 is 0 Å². The van der Waals surface area contributed by atoms with Gasteiger partial charge in [-0.25, -0.2) is 17.6 Å². The third-order valence-electron chi connectivity index (χ3n) is 5.92. The standard InChI is InChI=1S/C26H24F4N2O2/c1-3-5-7-31-23(15-9-17(27)13-18(28)10-15)21-22(25(31)33)24(32(26(21)34)8-6-4-2)16-11-19(29)14-20(30)12-16/h9-14H,3-8H2,1-2H3. The molecule has 2 aliphatic heterocycles. The molecule has 0 saturated carbocycles. The summed E-state index contributed by atoms with van der Waals surface area (Å²) < 4.78 is 56.5. The number of fused-ring (bicyclic) bond motifs is 1. The van der Waals surface area contributed by atoms with E-state index in [1.807, 2.05) is 13.8 Å². The molecular weight excluding hydrogens is 448 g/mol. The van der Waals surface area contributed by atoms with Crippen molar-refractivity contribution < 1.29 is 27.2 Å². The van der Waals surface area contributed by atoms with Gasteiger partial charge in [0.05, 0.1) is 22.5 Å². The first-order valence-corrected chi connectivity index (χ1v) is 11.3. The summed E-state index contributed by atoms with van der Waals surface area (Å²) in [4.78, 5) is 30.0. The Hall–Kier alpha value is -3.42. The Morgan fingerprint density at radius 1 is 0.588 bits per heavy atom. The lowest BCUT2D eigenvalue weighted by atomic mass is 10.0. The molecule has 0 unspecified atom stereocenters. The van der Waals surface area contributed by atoms with Crippen molar-refractivity contribution in [3.8, 4) is 0 Å². The lowest BCUT2D eigenvalue weighted by molar-refractivity contribution is -0.124. The van der Waals surface area contributed by atoms with Gasteiger partial charge in [0.2, 0.25) is 0 Å². The summed E-state index contributed by atoms with van der Waals surface area (Å²) in [6.07, 6.45) is 2.65. The van der Waals surface area contributed by atoms with Gasteiger partial charge in [-0.05, 0) is 37.1 Å². The largest absolute Gasteiger partial charge is 0.307 e. The van der Waals surface area contributed by atoms with Crippen LogP contribution in [0.5, 0.6) is 0 Å². The molecule has 2 amide bonds. The average molecular weight is 472 g/mol. The molecule has 0 radical (unpaired) electrons. The second kappa shape index (κ2) is 9.44. The van der Waals surface area contributed by atoms with Crippen molar-refractivity contribution in [2.24, 2.45) is 0 Å². The minimum absolute atomic E-state index is 0.00174. The number of carbonyl (C=O) groups excluding carboxylic acids is 2. The topological polar surface area (TPSA) is 40.6 Å². The highest BCUT2D eigenvalue weighted by Gasteiger charge is 2.48. The Bertz CT molecular complexity index is 1100. The number of hydrogen-bond acceptors (Lipinski definition) is 2. The van der Waals surface area contributed by atoms with E-state index < -0.39 is 35.1 Å². The first kappa shape index (κ1) is 23.7. The monoisotopic (exact) mass is 472 g/mol. The molecule has 2 aromatic carbocycles. The summed E-state index contributed by atoms with van der Waals surface area (Å²) in [7, 11) is 0. The average Bonchev–Trinajstić information content (AvgIpc) is 3.21. The van der Waals surface area contributed by atoms with Gasteiger partial charge in [0.15, 0.2) is 0 Å². The third kappa shape index (κ3) is 4.13. The van der Waals surface area contributed by atoms with Crippen LogP contribution in [0.3, 0.4) is 0 Å². The van der Waals surface area contributed by atoms with Gasteiger partial charge < -0.3 is 9.80 Å². The number of amides is 2. The molecule has 8 heteroatoms. The number of benzene rings is 2. The van der Waals surface area contributed by atoms with Crippen molar-refractivity contribution in [3.05, 3.63) is 81.9 Å². The van der Waals surface area contributed by atoms with Crippen LogP contribution in [0.2, 0.25) is 0 Å². The molecule has 2 aliphatic rings. The molecule has 0 bridgehead atoms. The Labute approximate surface area is 195 Å². The molecule has 0 saturated heterocycles. The van der Waals surface area contributed by atoms with Crippen LogP contribution in [0.25, 0.3) is 11.4 Å². The first-order chi connectivity index (χ1) is 16.3. The fraction of sp³-hybridized carbons (Fsp3) is 0.308. The van der Waals surface area contributed by atoms with E-state index in [0.717, 1.165) is 37.1 Å². The third-order valence-corrected chi connectivity index (χ3v) is 5.92. The van der Waals surface area contributed by atoms with Crippen LogP contribution in [0.4, 0.5) is 17.6 Å². The summed E-state index contributed by atoms with van der Waals surface area (Å²) in [5, 5.41) is 0. The van der Waals surface area contributed by atoms with E-state index in [9.17, 15) is 27.2 Å². The minimum Gasteiger partial charge on any atom is -0.307 e. The van der Waals surface area contributed by atoms with Crippen LogP contribution in [0, 0.1) is 23.3 Å². The van der Waals surface area contributed by atoms with Gasteiger partial charge in [0.25, 0.3) is 11.8 Å². The molecule has 0 atom stereocenters. The van der Waals surface area contributed by atoms with E-state index in [1.54, 1.807) is 0 Å². The van der Waals surface area contributed by atoms with Crippen LogP contribution in [-0.4, -0.2) is 34.7 Å². The van der Waals surface area contributed by atoms with Crippen molar-refractivity contribution in [2.75, 3.05) is 13.1 Å². The summed E-state index contributed by atoms with van der Waals surface area (Å²) in [6.45, 7) is 4.30. The minimum atomic E-state index is -0.843. The molecule has 0 aliphatic carbocycles. The molecule has 2 aromatic rings. The molecule has 4 rings (SSSR count). The van der Waals surface area contributed by atoms with Crippen LogP contribution in [0.1, 0.15) is 50.7 Å².